The lowest BCUT2D eigenvalue weighted by Crippen LogP contribution is -2.31. The number of aromatic nitrogens is 4. The van der Waals surface area contributed by atoms with Gasteiger partial charge < -0.3 is 4.74 Å². The Hall–Kier alpha value is -3.42. The predicted molar refractivity (Wildman–Crippen MR) is 134 cm³/mol. The summed E-state index contributed by atoms with van der Waals surface area (Å²) in [6.45, 7) is 15.2. The highest BCUT2D eigenvalue weighted by molar-refractivity contribution is 6.76. The third-order valence-electron chi connectivity index (χ3n) is 5.97. The number of ether oxygens (including phenoxy) is 1. The summed E-state index contributed by atoms with van der Waals surface area (Å²) in [5, 5.41) is 4.63. The molecule has 0 saturated carbocycles. The Labute approximate surface area is 205 Å². The summed E-state index contributed by atoms with van der Waals surface area (Å²) in [6.07, 6.45) is 4.38. The van der Waals surface area contributed by atoms with Crippen molar-refractivity contribution in [3.63, 3.8) is 0 Å². The molecule has 3 aromatic rings. The number of pyridine rings is 1. The molecule has 1 aromatic carbocycles. The van der Waals surface area contributed by atoms with Gasteiger partial charge in [0.15, 0.2) is 5.82 Å². The van der Waals surface area contributed by atoms with E-state index in [1.54, 1.807) is 28.0 Å². The fourth-order valence-corrected chi connectivity index (χ4v) is 4.71. The fourth-order valence-electron chi connectivity index (χ4n) is 3.95. The van der Waals surface area contributed by atoms with Gasteiger partial charge in [0.25, 0.3) is 0 Å². The Morgan fingerprint density at radius 3 is 2.69 bits per heavy atom. The largest absolute Gasteiger partial charge is 0.359 e. The van der Waals surface area contributed by atoms with Gasteiger partial charge in [0.2, 0.25) is 17.5 Å². The molecular weight excluding hydrogens is 463 g/mol. The molecule has 182 valence electrons. The summed E-state index contributed by atoms with van der Waals surface area (Å²) in [4.78, 5) is 26.9. The molecule has 10 heteroatoms. The van der Waals surface area contributed by atoms with E-state index in [2.05, 4.69) is 39.6 Å². The van der Waals surface area contributed by atoms with E-state index in [1.807, 2.05) is 12.1 Å². The number of anilines is 1. The molecule has 1 fully saturated rings. The van der Waals surface area contributed by atoms with Gasteiger partial charge in [-0.15, -0.1) is 5.10 Å². The van der Waals surface area contributed by atoms with Gasteiger partial charge in [-0.25, -0.2) is 13.9 Å². The maximum absolute atomic E-state index is 14.1. The SMILES string of the molecule is [C-]#[N+]c1ccc(CC2CCN(c3nc(-c4ccncc4)nn3COCC[Si](C)(C)C)C2=O)cc1F. The van der Waals surface area contributed by atoms with Gasteiger partial charge in [-0.1, -0.05) is 31.8 Å². The third kappa shape index (κ3) is 5.99. The summed E-state index contributed by atoms with van der Waals surface area (Å²) >= 11 is 0. The van der Waals surface area contributed by atoms with Crippen LogP contribution in [-0.4, -0.2) is 46.9 Å². The molecule has 0 radical (unpaired) electrons. The molecule has 1 aliphatic heterocycles. The molecule has 1 unspecified atom stereocenters. The Morgan fingerprint density at radius 2 is 2.00 bits per heavy atom. The zero-order valence-electron chi connectivity index (χ0n) is 20.2. The van der Waals surface area contributed by atoms with Crippen LogP contribution in [0.4, 0.5) is 16.0 Å². The predicted octanol–water partition coefficient (Wildman–Crippen LogP) is 4.94. The Bertz CT molecular complexity index is 1230. The fraction of sp³-hybridized carbons (Fsp3) is 0.400. The summed E-state index contributed by atoms with van der Waals surface area (Å²) in [5.41, 5.74) is 1.49. The normalized spacial score (nSPS) is 16.0. The van der Waals surface area contributed by atoms with Crippen LogP contribution in [0.3, 0.4) is 0 Å². The average molecular weight is 493 g/mol. The third-order valence-corrected chi connectivity index (χ3v) is 7.68. The number of hydrogen-bond donors (Lipinski definition) is 0. The molecule has 1 saturated heterocycles. The number of hydrogen-bond acceptors (Lipinski definition) is 5. The van der Waals surface area contributed by atoms with Crippen LogP contribution in [0.1, 0.15) is 12.0 Å². The first-order valence-electron chi connectivity index (χ1n) is 11.7. The minimum Gasteiger partial charge on any atom is -0.359 e. The van der Waals surface area contributed by atoms with Crippen LogP contribution in [0.2, 0.25) is 25.7 Å². The number of amides is 1. The molecule has 1 atom stereocenters. The second kappa shape index (κ2) is 10.5. The minimum absolute atomic E-state index is 0.0148. The van der Waals surface area contributed by atoms with E-state index in [9.17, 15) is 9.18 Å². The number of benzene rings is 1. The maximum Gasteiger partial charge on any atom is 0.233 e. The van der Waals surface area contributed by atoms with E-state index in [-0.39, 0.29) is 24.2 Å². The lowest BCUT2D eigenvalue weighted by atomic mass is 9.98. The first-order chi connectivity index (χ1) is 16.7. The van der Waals surface area contributed by atoms with Crippen molar-refractivity contribution in [1.29, 1.82) is 0 Å². The van der Waals surface area contributed by atoms with Crippen molar-refractivity contribution < 1.29 is 13.9 Å². The van der Waals surface area contributed by atoms with Crippen molar-refractivity contribution in [3.05, 3.63) is 65.5 Å². The second-order valence-electron chi connectivity index (χ2n) is 9.90. The van der Waals surface area contributed by atoms with E-state index >= 15 is 0 Å². The summed E-state index contributed by atoms with van der Waals surface area (Å²) in [6, 6.07) is 9.20. The van der Waals surface area contributed by atoms with E-state index < -0.39 is 13.9 Å². The van der Waals surface area contributed by atoms with Gasteiger partial charge in [-0.2, -0.15) is 4.98 Å². The quantitative estimate of drug-likeness (QED) is 0.240. The van der Waals surface area contributed by atoms with E-state index in [1.165, 1.54) is 12.1 Å². The lowest BCUT2D eigenvalue weighted by molar-refractivity contribution is -0.120. The monoisotopic (exact) mass is 492 g/mol. The summed E-state index contributed by atoms with van der Waals surface area (Å²) in [7, 11) is -1.23. The van der Waals surface area contributed by atoms with Crippen molar-refractivity contribution >= 4 is 25.6 Å². The van der Waals surface area contributed by atoms with Crippen LogP contribution in [0.5, 0.6) is 0 Å². The Balaban J connectivity index is 1.53. The van der Waals surface area contributed by atoms with Gasteiger partial charge in [0.1, 0.15) is 12.5 Å². The van der Waals surface area contributed by atoms with Crippen molar-refractivity contribution in [3.8, 4) is 11.4 Å². The number of nitrogens with zero attached hydrogens (tertiary/aromatic N) is 6. The molecular formula is C25H29FN6O2Si. The van der Waals surface area contributed by atoms with Crippen LogP contribution in [0, 0.1) is 18.3 Å². The smallest absolute Gasteiger partial charge is 0.233 e. The van der Waals surface area contributed by atoms with Crippen LogP contribution < -0.4 is 4.90 Å². The molecule has 8 nitrogen and oxygen atoms in total. The highest BCUT2D eigenvalue weighted by Crippen LogP contribution is 2.29. The van der Waals surface area contributed by atoms with Crippen molar-refractivity contribution in [2.24, 2.45) is 5.92 Å². The molecule has 4 rings (SSSR count). The van der Waals surface area contributed by atoms with Gasteiger partial charge in [-0.05, 0) is 42.6 Å². The average Bonchev–Trinajstić information content (AvgIpc) is 3.40. The highest BCUT2D eigenvalue weighted by atomic mass is 28.3. The lowest BCUT2D eigenvalue weighted by Gasteiger charge is -2.18. The summed E-state index contributed by atoms with van der Waals surface area (Å²) < 4.78 is 21.6. The van der Waals surface area contributed by atoms with Crippen LogP contribution in [0.25, 0.3) is 16.2 Å². The number of carbonyl (C=O) groups is 1. The zero-order chi connectivity index (χ0) is 25.0. The topological polar surface area (TPSA) is 77.5 Å². The van der Waals surface area contributed by atoms with Crippen molar-refractivity contribution in [2.45, 2.75) is 45.3 Å². The van der Waals surface area contributed by atoms with E-state index in [0.717, 1.165) is 11.6 Å². The molecule has 0 aliphatic carbocycles. The van der Waals surface area contributed by atoms with E-state index in [4.69, 9.17) is 11.3 Å². The number of rotatable bonds is 9. The van der Waals surface area contributed by atoms with Crippen molar-refractivity contribution in [2.75, 3.05) is 18.1 Å². The molecule has 0 spiro atoms. The van der Waals surface area contributed by atoms with Crippen LogP contribution in [-0.2, 0) is 22.7 Å². The second-order valence-corrected chi connectivity index (χ2v) is 15.5. The van der Waals surface area contributed by atoms with Crippen LogP contribution in [0.15, 0.2) is 42.7 Å². The van der Waals surface area contributed by atoms with Gasteiger partial charge in [0.05, 0.1) is 6.57 Å². The molecule has 35 heavy (non-hydrogen) atoms. The Morgan fingerprint density at radius 1 is 1.23 bits per heavy atom. The minimum atomic E-state index is -1.23. The Kier molecular flexibility index (Phi) is 7.38. The molecule has 0 N–H and O–H groups in total. The number of halogens is 1. The summed E-state index contributed by atoms with van der Waals surface area (Å²) in [5.74, 6) is 0.0281. The van der Waals surface area contributed by atoms with Crippen molar-refractivity contribution in [1.82, 2.24) is 19.7 Å². The van der Waals surface area contributed by atoms with E-state index in [0.29, 0.717) is 43.3 Å². The van der Waals surface area contributed by atoms with Gasteiger partial charge in [-0.3, -0.25) is 14.7 Å². The van der Waals surface area contributed by atoms with Gasteiger partial charge >= 0.3 is 0 Å². The molecule has 1 amide bonds. The zero-order valence-corrected chi connectivity index (χ0v) is 21.2. The van der Waals surface area contributed by atoms with Gasteiger partial charge in [0, 0.05) is 45.1 Å². The van der Waals surface area contributed by atoms with Crippen LogP contribution >= 0.6 is 0 Å². The molecule has 2 aromatic heterocycles. The number of carbonyl (C=O) groups excluding carboxylic acids is 1. The maximum atomic E-state index is 14.1. The molecule has 0 bridgehead atoms. The highest BCUT2D eigenvalue weighted by Gasteiger charge is 2.35. The first kappa shape index (κ1) is 24.7. The molecule has 3 heterocycles. The first-order valence-corrected chi connectivity index (χ1v) is 15.4. The molecule has 1 aliphatic rings. The standard InChI is InChI=1S/C25H29FN6O2Si/c1-27-22-6-5-18(16-21(22)26)15-20-9-12-31(24(20)33)25-29-23(19-7-10-28-11-8-19)30-32(25)17-34-13-14-35(2,3)4/h5-8,10-11,16,20H,9,12-15,17H2,2-4H3.